The maximum absolute atomic E-state index is 12.1. The molecule has 0 saturated carbocycles. The highest BCUT2D eigenvalue weighted by Gasteiger charge is 2.22. The number of carbonyl (C=O) groups is 1. The number of hydrogen-bond acceptors (Lipinski definition) is 6. The van der Waals surface area contributed by atoms with E-state index in [0.717, 1.165) is 25.3 Å². The van der Waals surface area contributed by atoms with E-state index in [1.807, 2.05) is 11.4 Å². The van der Waals surface area contributed by atoms with Crippen LogP contribution in [0.5, 0.6) is 5.75 Å². The molecule has 1 aromatic carbocycles. The van der Waals surface area contributed by atoms with Crippen molar-refractivity contribution in [2.75, 3.05) is 25.0 Å². The van der Waals surface area contributed by atoms with Gasteiger partial charge in [0.1, 0.15) is 5.75 Å². The Labute approximate surface area is 163 Å². The van der Waals surface area contributed by atoms with Gasteiger partial charge in [-0.3, -0.25) is 15.0 Å². The Morgan fingerprint density at radius 1 is 1.33 bits per heavy atom. The summed E-state index contributed by atoms with van der Waals surface area (Å²) in [5.41, 5.74) is 1.55. The summed E-state index contributed by atoms with van der Waals surface area (Å²) in [4.78, 5) is 19.0. The Morgan fingerprint density at radius 2 is 2.04 bits per heavy atom. The number of nitriles is 1. The lowest BCUT2D eigenvalue weighted by atomic mass is 9.92. The minimum Gasteiger partial charge on any atom is -0.484 e. The molecule has 2 heterocycles. The van der Waals surface area contributed by atoms with Crippen molar-refractivity contribution in [3.63, 3.8) is 0 Å². The third-order valence-electron chi connectivity index (χ3n) is 4.48. The van der Waals surface area contributed by atoms with Gasteiger partial charge in [0.15, 0.2) is 11.7 Å². The molecular formula is C20H24N4O2S. The van der Waals surface area contributed by atoms with E-state index >= 15 is 0 Å². The second kappa shape index (κ2) is 8.98. The molecule has 1 fully saturated rings. The van der Waals surface area contributed by atoms with Crippen molar-refractivity contribution in [3.05, 3.63) is 40.9 Å². The lowest BCUT2D eigenvalue weighted by molar-refractivity contribution is -0.118. The van der Waals surface area contributed by atoms with E-state index in [1.54, 1.807) is 24.3 Å². The molecule has 1 aromatic heterocycles. The molecule has 0 aliphatic carbocycles. The largest absolute Gasteiger partial charge is 0.484 e. The van der Waals surface area contributed by atoms with Gasteiger partial charge in [-0.15, -0.1) is 11.3 Å². The summed E-state index contributed by atoms with van der Waals surface area (Å²) in [5, 5.41) is 14.2. The second-order valence-corrected chi connectivity index (χ2v) is 8.12. The Balaban J connectivity index is 1.46. The predicted molar refractivity (Wildman–Crippen MR) is 106 cm³/mol. The van der Waals surface area contributed by atoms with Crippen LogP contribution in [0, 0.1) is 23.2 Å². The van der Waals surface area contributed by atoms with Gasteiger partial charge in [0, 0.05) is 25.0 Å². The zero-order chi connectivity index (χ0) is 19.2. The van der Waals surface area contributed by atoms with Crippen molar-refractivity contribution >= 4 is 22.4 Å². The summed E-state index contributed by atoms with van der Waals surface area (Å²) in [5.74, 6) is 1.73. The van der Waals surface area contributed by atoms with Crippen LogP contribution in [-0.4, -0.2) is 35.5 Å². The van der Waals surface area contributed by atoms with Gasteiger partial charge in [0.2, 0.25) is 0 Å². The van der Waals surface area contributed by atoms with E-state index in [-0.39, 0.29) is 12.5 Å². The molecule has 6 nitrogen and oxygen atoms in total. The third kappa shape index (κ3) is 5.78. The van der Waals surface area contributed by atoms with Crippen molar-refractivity contribution in [1.82, 2.24) is 9.88 Å². The van der Waals surface area contributed by atoms with Crippen molar-refractivity contribution in [2.45, 2.75) is 26.8 Å². The highest BCUT2D eigenvalue weighted by Crippen LogP contribution is 2.24. The molecule has 3 rings (SSSR count). The van der Waals surface area contributed by atoms with Gasteiger partial charge in [-0.25, -0.2) is 4.98 Å². The van der Waals surface area contributed by atoms with Crippen molar-refractivity contribution < 1.29 is 9.53 Å². The summed E-state index contributed by atoms with van der Waals surface area (Å²) in [7, 11) is 0. The third-order valence-corrected chi connectivity index (χ3v) is 5.29. The highest BCUT2D eigenvalue weighted by atomic mass is 32.1. The highest BCUT2D eigenvalue weighted by molar-refractivity contribution is 7.13. The molecular weight excluding hydrogens is 360 g/mol. The summed E-state index contributed by atoms with van der Waals surface area (Å²) < 4.78 is 5.44. The van der Waals surface area contributed by atoms with Crippen molar-refractivity contribution in [2.24, 2.45) is 11.8 Å². The van der Waals surface area contributed by atoms with E-state index < -0.39 is 0 Å². The number of aromatic nitrogens is 1. The van der Waals surface area contributed by atoms with Gasteiger partial charge < -0.3 is 4.74 Å². The number of amides is 1. The Kier molecular flexibility index (Phi) is 6.43. The first-order valence-electron chi connectivity index (χ1n) is 9.11. The molecule has 7 heteroatoms. The van der Waals surface area contributed by atoms with E-state index in [4.69, 9.17) is 10.00 Å². The van der Waals surface area contributed by atoms with Crippen LogP contribution in [0.2, 0.25) is 0 Å². The first-order valence-corrected chi connectivity index (χ1v) is 9.99. The molecule has 2 atom stereocenters. The van der Waals surface area contributed by atoms with Gasteiger partial charge in [-0.1, -0.05) is 13.8 Å². The van der Waals surface area contributed by atoms with Crippen LogP contribution in [0.1, 0.15) is 31.5 Å². The molecule has 0 spiro atoms. The van der Waals surface area contributed by atoms with Crippen molar-refractivity contribution in [3.8, 4) is 11.8 Å². The number of carbonyl (C=O) groups excluding carboxylic acids is 1. The average molecular weight is 385 g/mol. The zero-order valence-corrected chi connectivity index (χ0v) is 16.5. The second-order valence-electron chi connectivity index (χ2n) is 7.26. The van der Waals surface area contributed by atoms with E-state index in [2.05, 4.69) is 29.0 Å². The molecule has 1 aliphatic heterocycles. The molecule has 1 saturated heterocycles. The lowest BCUT2D eigenvalue weighted by Crippen LogP contribution is -2.38. The number of rotatable bonds is 6. The van der Waals surface area contributed by atoms with Crippen LogP contribution in [0.25, 0.3) is 0 Å². The smallest absolute Gasteiger partial charge is 0.264 e. The number of ether oxygens (including phenoxy) is 1. The Hall–Kier alpha value is -2.43. The summed E-state index contributed by atoms with van der Waals surface area (Å²) >= 11 is 1.43. The molecule has 0 bridgehead atoms. The average Bonchev–Trinajstić information content (AvgIpc) is 3.06. The Bertz CT molecular complexity index is 802. The van der Waals surface area contributed by atoms with Gasteiger partial charge in [-0.2, -0.15) is 5.26 Å². The zero-order valence-electron chi connectivity index (χ0n) is 15.6. The number of hydrogen-bond donors (Lipinski definition) is 1. The van der Waals surface area contributed by atoms with E-state index in [1.165, 1.54) is 17.8 Å². The standard InChI is InChI=1S/C20H24N4O2S/c1-14-7-15(2)10-24(9-14)11-17-13-27-20(22-17)23-19(25)12-26-18-5-3-16(8-21)4-6-18/h3-6,13-15H,7,9-12H2,1-2H3,(H,22,23,25)/t14-,15-/m0/s1. The van der Waals surface area contributed by atoms with Gasteiger partial charge in [-0.05, 0) is 42.5 Å². The summed E-state index contributed by atoms with van der Waals surface area (Å²) in [6.45, 7) is 7.52. The van der Waals surface area contributed by atoms with Crippen molar-refractivity contribution in [1.29, 1.82) is 5.26 Å². The first-order chi connectivity index (χ1) is 13.0. The molecule has 1 N–H and O–H groups in total. The van der Waals surface area contributed by atoms with Gasteiger partial charge in [0.25, 0.3) is 5.91 Å². The van der Waals surface area contributed by atoms with Crippen LogP contribution in [0.3, 0.4) is 0 Å². The maximum Gasteiger partial charge on any atom is 0.264 e. The SMILES string of the molecule is C[C@H]1C[C@H](C)CN(Cc2csc(NC(=O)COc3ccc(C#N)cc3)n2)C1. The number of nitrogens with one attached hydrogen (secondary N) is 1. The normalized spacial score (nSPS) is 20.0. The lowest BCUT2D eigenvalue weighted by Gasteiger charge is -2.34. The number of benzene rings is 1. The number of anilines is 1. The topological polar surface area (TPSA) is 78.3 Å². The van der Waals surface area contributed by atoms with Crippen LogP contribution in [0.4, 0.5) is 5.13 Å². The molecule has 1 amide bonds. The predicted octanol–water partition coefficient (Wildman–Crippen LogP) is 3.51. The summed E-state index contributed by atoms with van der Waals surface area (Å²) in [6, 6.07) is 8.70. The monoisotopic (exact) mass is 384 g/mol. The van der Waals surface area contributed by atoms with Crippen LogP contribution < -0.4 is 10.1 Å². The fraction of sp³-hybridized carbons (Fsp3) is 0.450. The quantitative estimate of drug-likeness (QED) is 0.824. The molecule has 2 aromatic rings. The minimum atomic E-state index is -0.250. The number of thiazole rings is 1. The number of likely N-dealkylation sites (tertiary alicyclic amines) is 1. The molecule has 0 radical (unpaired) electrons. The van der Waals surface area contributed by atoms with Crippen LogP contribution in [-0.2, 0) is 11.3 Å². The van der Waals surface area contributed by atoms with Crippen LogP contribution >= 0.6 is 11.3 Å². The molecule has 27 heavy (non-hydrogen) atoms. The van der Waals surface area contributed by atoms with E-state index in [9.17, 15) is 4.79 Å². The first kappa shape index (κ1) is 19.3. The fourth-order valence-corrected chi connectivity index (χ4v) is 4.23. The summed E-state index contributed by atoms with van der Waals surface area (Å²) in [6.07, 6.45) is 1.29. The Morgan fingerprint density at radius 3 is 2.70 bits per heavy atom. The van der Waals surface area contributed by atoms with E-state index in [0.29, 0.717) is 28.3 Å². The van der Waals surface area contributed by atoms with Crippen LogP contribution in [0.15, 0.2) is 29.6 Å². The van der Waals surface area contributed by atoms with Gasteiger partial charge in [0.05, 0.1) is 17.3 Å². The fourth-order valence-electron chi connectivity index (χ4n) is 3.52. The number of piperidine rings is 1. The minimum absolute atomic E-state index is 0.0953. The molecule has 1 aliphatic rings. The van der Waals surface area contributed by atoms with Gasteiger partial charge >= 0.3 is 0 Å². The molecule has 142 valence electrons. The number of nitrogens with zero attached hydrogens (tertiary/aromatic N) is 3. The maximum atomic E-state index is 12.1. The molecule has 0 unspecified atom stereocenters.